The molecule has 2 amide bonds. The third kappa shape index (κ3) is 5.09. The summed E-state index contributed by atoms with van der Waals surface area (Å²) in [6.07, 6.45) is 6.70. The smallest absolute Gasteiger partial charge is 0.228 e. The lowest BCUT2D eigenvalue weighted by molar-refractivity contribution is -0.133. The Balaban J connectivity index is 1.27. The Hall–Kier alpha value is -2.65. The van der Waals surface area contributed by atoms with Crippen molar-refractivity contribution in [2.75, 3.05) is 18.4 Å². The molecule has 0 saturated carbocycles. The van der Waals surface area contributed by atoms with Gasteiger partial charge in [-0.05, 0) is 53.0 Å². The number of carbonyl (C=O) groups is 2. The van der Waals surface area contributed by atoms with E-state index in [4.69, 9.17) is 0 Å². The number of nitrogens with one attached hydrogen (secondary N) is 1. The van der Waals surface area contributed by atoms with Crippen LogP contribution in [-0.2, 0) is 16.0 Å². The van der Waals surface area contributed by atoms with Gasteiger partial charge in [0.05, 0.1) is 12.1 Å². The van der Waals surface area contributed by atoms with Crippen LogP contribution in [0, 0.1) is 5.92 Å². The minimum absolute atomic E-state index is 0.0439. The number of amides is 2. The summed E-state index contributed by atoms with van der Waals surface area (Å²) in [6, 6.07) is 7.42. The van der Waals surface area contributed by atoms with Gasteiger partial charge in [0.25, 0.3) is 0 Å². The highest BCUT2D eigenvalue weighted by Gasteiger charge is 2.27. The van der Waals surface area contributed by atoms with Crippen LogP contribution in [-0.4, -0.2) is 44.8 Å². The number of piperidine rings is 1. The lowest BCUT2D eigenvalue weighted by Crippen LogP contribution is -2.42. The summed E-state index contributed by atoms with van der Waals surface area (Å²) in [5, 5.41) is 5.64. The van der Waals surface area contributed by atoms with Gasteiger partial charge in [-0.2, -0.15) is 0 Å². The molecule has 0 aromatic carbocycles. The van der Waals surface area contributed by atoms with Crippen LogP contribution in [0.5, 0.6) is 0 Å². The summed E-state index contributed by atoms with van der Waals surface area (Å²) >= 11 is 4.84. The van der Waals surface area contributed by atoms with Gasteiger partial charge in [-0.25, -0.2) is 9.97 Å². The van der Waals surface area contributed by atoms with E-state index in [9.17, 15) is 9.59 Å². The van der Waals surface area contributed by atoms with Crippen LogP contribution in [0.3, 0.4) is 0 Å². The quantitative estimate of drug-likeness (QED) is 0.593. The fourth-order valence-electron chi connectivity index (χ4n) is 3.35. The predicted octanol–water partition coefficient (Wildman–Crippen LogP) is 3.78. The molecule has 3 aromatic heterocycles. The number of thiazole rings is 1. The molecular formula is C21H20BrN5O2S. The van der Waals surface area contributed by atoms with Gasteiger partial charge in [-0.1, -0.05) is 0 Å². The van der Waals surface area contributed by atoms with E-state index in [1.165, 1.54) is 11.3 Å². The summed E-state index contributed by atoms with van der Waals surface area (Å²) in [5.41, 5.74) is 1.72. The molecule has 3 aromatic rings. The van der Waals surface area contributed by atoms with Crippen LogP contribution < -0.4 is 5.32 Å². The Labute approximate surface area is 186 Å². The highest BCUT2D eigenvalue weighted by atomic mass is 79.9. The predicted molar refractivity (Wildman–Crippen MR) is 119 cm³/mol. The zero-order valence-corrected chi connectivity index (χ0v) is 18.5. The highest BCUT2D eigenvalue weighted by molar-refractivity contribution is 9.10. The molecule has 0 bridgehead atoms. The number of anilines is 1. The molecular weight excluding hydrogens is 466 g/mol. The molecule has 154 valence electrons. The number of hydrogen-bond donors (Lipinski definition) is 1. The van der Waals surface area contributed by atoms with Crippen molar-refractivity contribution in [2.24, 2.45) is 5.92 Å². The number of aromatic nitrogens is 3. The lowest BCUT2D eigenvalue weighted by Gasteiger charge is -2.31. The Morgan fingerprint density at radius 2 is 2.03 bits per heavy atom. The van der Waals surface area contributed by atoms with Gasteiger partial charge in [0.2, 0.25) is 11.8 Å². The Bertz CT molecular complexity index is 1020. The average molecular weight is 486 g/mol. The summed E-state index contributed by atoms with van der Waals surface area (Å²) in [7, 11) is 0. The Morgan fingerprint density at radius 3 is 2.73 bits per heavy atom. The topological polar surface area (TPSA) is 88.1 Å². The fraction of sp³-hybridized carbons (Fsp3) is 0.286. The largest absolute Gasteiger partial charge is 0.342 e. The minimum Gasteiger partial charge on any atom is -0.342 e. The molecule has 1 fully saturated rings. The standard InChI is InChI=1S/C21H20BrN5O2S/c22-16-3-4-18(24-12-16)26-20(29)14-5-8-27(9-6-14)19(28)10-17-13-30-21(25-17)15-2-1-7-23-11-15/h1-4,7,11-14H,5-6,8-10H2,(H,24,26,29). The van der Waals surface area contributed by atoms with E-state index in [0.29, 0.717) is 31.7 Å². The molecule has 0 radical (unpaired) electrons. The van der Waals surface area contributed by atoms with Gasteiger partial charge >= 0.3 is 0 Å². The van der Waals surface area contributed by atoms with E-state index in [2.05, 4.69) is 36.2 Å². The second-order valence-corrected chi connectivity index (χ2v) is 8.84. The third-order valence-electron chi connectivity index (χ3n) is 4.99. The van der Waals surface area contributed by atoms with Gasteiger partial charge in [0.1, 0.15) is 10.8 Å². The minimum atomic E-state index is -0.115. The van der Waals surface area contributed by atoms with Crippen LogP contribution >= 0.6 is 27.3 Å². The van der Waals surface area contributed by atoms with Gasteiger partial charge in [0.15, 0.2) is 0 Å². The first-order chi connectivity index (χ1) is 14.6. The van der Waals surface area contributed by atoms with E-state index in [1.54, 1.807) is 24.7 Å². The molecule has 7 nitrogen and oxygen atoms in total. The SMILES string of the molecule is O=C(Nc1ccc(Br)cn1)C1CCN(C(=O)Cc2csc(-c3cccnc3)n2)CC1. The number of rotatable bonds is 5. The first-order valence-corrected chi connectivity index (χ1v) is 11.3. The van der Waals surface area contributed by atoms with Crippen molar-refractivity contribution >= 4 is 44.9 Å². The molecule has 4 rings (SSSR count). The van der Waals surface area contributed by atoms with E-state index < -0.39 is 0 Å². The maximum atomic E-state index is 12.7. The van der Waals surface area contributed by atoms with Crippen molar-refractivity contribution in [3.63, 3.8) is 0 Å². The van der Waals surface area contributed by atoms with E-state index >= 15 is 0 Å². The van der Waals surface area contributed by atoms with Crippen molar-refractivity contribution in [3.05, 3.63) is 58.4 Å². The van der Waals surface area contributed by atoms with Crippen molar-refractivity contribution in [3.8, 4) is 10.6 Å². The first-order valence-electron chi connectivity index (χ1n) is 9.63. The van der Waals surface area contributed by atoms with Gasteiger partial charge in [0, 0.05) is 53.0 Å². The zero-order valence-electron chi connectivity index (χ0n) is 16.1. The third-order valence-corrected chi connectivity index (χ3v) is 6.40. The average Bonchev–Trinajstić information content (AvgIpc) is 3.24. The maximum Gasteiger partial charge on any atom is 0.228 e. The van der Waals surface area contributed by atoms with Crippen LogP contribution in [0.15, 0.2) is 52.7 Å². The Kier molecular flexibility index (Phi) is 6.49. The molecule has 0 unspecified atom stereocenters. The normalized spacial score (nSPS) is 14.5. The molecule has 1 N–H and O–H groups in total. The highest BCUT2D eigenvalue weighted by Crippen LogP contribution is 2.24. The first kappa shape index (κ1) is 20.6. The number of halogens is 1. The van der Waals surface area contributed by atoms with E-state index in [1.807, 2.05) is 28.5 Å². The molecule has 1 aliphatic heterocycles. The monoisotopic (exact) mass is 485 g/mol. The molecule has 0 spiro atoms. The Morgan fingerprint density at radius 1 is 1.20 bits per heavy atom. The number of pyridine rings is 2. The summed E-state index contributed by atoms with van der Waals surface area (Å²) in [5.74, 6) is 0.426. The molecule has 0 atom stereocenters. The van der Waals surface area contributed by atoms with Crippen molar-refractivity contribution in [1.82, 2.24) is 19.9 Å². The molecule has 1 saturated heterocycles. The fourth-order valence-corrected chi connectivity index (χ4v) is 4.39. The molecule has 30 heavy (non-hydrogen) atoms. The second-order valence-electron chi connectivity index (χ2n) is 7.07. The van der Waals surface area contributed by atoms with Gasteiger partial charge in [-0.15, -0.1) is 11.3 Å². The van der Waals surface area contributed by atoms with Crippen LogP contribution in [0.1, 0.15) is 18.5 Å². The molecule has 1 aliphatic rings. The number of nitrogens with zero attached hydrogens (tertiary/aromatic N) is 4. The van der Waals surface area contributed by atoms with Crippen molar-refractivity contribution in [2.45, 2.75) is 19.3 Å². The summed E-state index contributed by atoms with van der Waals surface area (Å²) < 4.78 is 0.861. The molecule has 9 heteroatoms. The number of likely N-dealkylation sites (tertiary alicyclic amines) is 1. The number of carbonyl (C=O) groups excluding carboxylic acids is 2. The lowest BCUT2D eigenvalue weighted by atomic mass is 9.95. The maximum absolute atomic E-state index is 12.7. The van der Waals surface area contributed by atoms with Gasteiger partial charge < -0.3 is 10.2 Å². The zero-order chi connectivity index (χ0) is 20.9. The van der Waals surface area contributed by atoms with Crippen molar-refractivity contribution < 1.29 is 9.59 Å². The summed E-state index contributed by atoms with van der Waals surface area (Å²) in [4.78, 5) is 39.8. The van der Waals surface area contributed by atoms with Crippen LogP contribution in [0.4, 0.5) is 5.82 Å². The second kappa shape index (κ2) is 9.44. The van der Waals surface area contributed by atoms with Crippen LogP contribution in [0.2, 0.25) is 0 Å². The van der Waals surface area contributed by atoms with E-state index in [0.717, 1.165) is 20.7 Å². The van der Waals surface area contributed by atoms with E-state index in [-0.39, 0.29) is 24.2 Å². The van der Waals surface area contributed by atoms with Crippen LogP contribution in [0.25, 0.3) is 10.6 Å². The summed E-state index contributed by atoms with van der Waals surface area (Å²) in [6.45, 7) is 1.15. The van der Waals surface area contributed by atoms with Crippen molar-refractivity contribution in [1.29, 1.82) is 0 Å². The molecule has 4 heterocycles. The number of hydrogen-bond acceptors (Lipinski definition) is 6. The van der Waals surface area contributed by atoms with Gasteiger partial charge in [-0.3, -0.25) is 14.6 Å². The molecule has 0 aliphatic carbocycles.